The Hall–Kier alpha value is -2.24. The Morgan fingerprint density at radius 1 is 1.48 bits per heavy atom. The minimum absolute atomic E-state index is 0.0269. The minimum Gasteiger partial charge on any atom is -0.467 e. The van der Waals surface area contributed by atoms with Crippen molar-refractivity contribution in [1.29, 1.82) is 0 Å². The number of aryl methyl sites for hydroxylation is 2. The summed E-state index contributed by atoms with van der Waals surface area (Å²) in [5.74, 6) is 0.823. The second-order valence-corrected chi connectivity index (χ2v) is 6.95. The van der Waals surface area contributed by atoms with Crippen molar-refractivity contribution >= 4 is 6.03 Å². The van der Waals surface area contributed by atoms with Gasteiger partial charge in [0, 0.05) is 24.3 Å². The van der Waals surface area contributed by atoms with Gasteiger partial charge in [0.25, 0.3) is 0 Å². The van der Waals surface area contributed by atoms with Crippen LogP contribution in [-0.4, -0.2) is 26.8 Å². The van der Waals surface area contributed by atoms with Gasteiger partial charge in [0.05, 0.1) is 24.0 Å². The normalized spacial score (nSPS) is 16.5. The largest absolute Gasteiger partial charge is 0.467 e. The van der Waals surface area contributed by atoms with Gasteiger partial charge in [-0.05, 0) is 52.2 Å². The zero-order valence-electron chi connectivity index (χ0n) is 15.7. The number of aromatic nitrogens is 2. The summed E-state index contributed by atoms with van der Waals surface area (Å²) in [7, 11) is 1.94. The zero-order chi connectivity index (χ0) is 18.1. The van der Waals surface area contributed by atoms with Crippen molar-refractivity contribution in [1.82, 2.24) is 20.0 Å². The third-order valence-electron chi connectivity index (χ3n) is 5.17. The molecule has 2 aromatic heterocycles. The molecule has 1 saturated carbocycles. The molecule has 1 fully saturated rings. The third-order valence-corrected chi connectivity index (χ3v) is 5.17. The lowest BCUT2D eigenvalue weighted by atomic mass is 10.0. The molecule has 6 nitrogen and oxygen atoms in total. The average Bonchev–Trinajstić information content (AvgIpc) is 3.17. The highest BCUT2D eigenvalue weighted by Gasteiger charge is 2.38. The summed E-state index contributed by atoms with van der Waals surface area (Å²) in [6, 6.07) is 3.96. The van der Waals surface area contributed by atoms with Crippen molar-refractivity contribution < 1.29 is 9.21 Å². The van der Waals surface area contributed by atoms with E-state index < -0.39 is 0 Å². The standard InChI is InChI=1S/C19H28N4O2/c1-6-16(18-12(2)21-22(5)14(18)4)20-19(24)23(15-9-10-15)13(3)17-8-7-11-25-17/h7-8,11,13,15-16H,6,9-10H2,1-5H3,(H,20,24). The number of rotatable bonds is 6. The monoisotopic (exact) mass is 344 g/mol. The van der Waals surface area contributed by atoms with Gasteiger partial charge in [0.2, 0.25) is 0 Å². The quantitative estimate of drug-likeness (QED) is 0.861. The Kier molecular flexibility index (Phi) is 4.88. The van der Waals surface area contributed by atoms with E-state index in [1.807, 2.05) is 49.5 Å². The van der Waals surface area contributed by atoms with E-state index >= 15 is 0 Å². The van der Waals surface area contributed by atoms with E-state index in [2.05, 4.69) is 17.3 Å². The van der Waals surface area contributed by atoms with E-state index in [1.165, 1.54) is 0 Å². The first-order valence-corrected chi connectivity index (χ1v) is 9.06. The number of nitrogens with one attached hydrogen (secondary N) is 1. The molecule has 6 heteroatoms. The molecule has 136 valence electrons. The lowest BCUT2D eigenvalue weighted by Crippen LogP contribution is -2.44. The number of carbonyl (C=O) groups excluding carboxylic acids is 1. The van der Waals surface area contributed by atoms with E-state index in [4.69, 9.17) is 4.42 Å². The molecule has 2 aromatic rings. The van der Waals surface area contributed by atoms with Gasteiger partial charge >= 0.3 is 6.03 Å². The minimum atomic E-state index is -0.0731. The first-order chi connectivity index (χ1) is 11.9. The molecule has 0 radical (unpaired) electrons. The van der Waals surface area contributed by atoms with Gasteiger partial charge in [-0.1, -0.05) is 6.92 Å². The molecule has 0 spiro atoms. The van der Waals surface area contributed by atoms with Crippen LogP contribution in [0.15, 0.2) is 22.8 Å². The molecular weight excluding hydrogens is 316 g/mol. The topological polar surface area (TPSA) is 63.3 Å². The van der Waals surface area contributed by atoms with E-state index in [0.717, 1.165) is 42.0 Å². The van der Waals surface area contributed by atoms with Crippen LogP contribution in [0.4, 0.5) is 4.79 Å². The van der Waals surface area contributed by atoms with Gasteiger partial charge in [-0.2, -0.15) is 5.10 Å². The van der Waals surface area contributed by atoms with Crippen LogP contribution < -0.4 is 5.32 Å². The van der Waals surface area contributed by atoms with Gasteiger partial charge in [0.15, 0.2) is 0 Å². The van der Waals surface area contributed by atoms with Gasteiger partial charge in [-0.3, -0.25) is 4.68 Å². The molecule has 0 bridgehead atoms. The molecule has 0 aromatic carbocycles. The van der Waals surface area contributed by atoms with Crippen molar-refractivity contribution in [2.24, 2.45) is 7.05 Å². The lowest BCUT2D eigenvalue weighted by Gasteiger charge is -2.30. The Balaban J connectivity index is 1.80. The highest BCUT2D eigenvalue weighted by atomic mass is 16.3. The molecule has 0 saturated heterocycles. The maximum absolute atomic E-state index is 13.1. The summed E-state index contributed by atoms with van der Waals surface area (Å²) in [6.07, 6.45) is 4.60. The first-order valence-electron chi connectivity index (χ1n) is 9.06. The van der Waals surface area contributed by atoms with Crippen LogP contribution in [0.2, 0.25) is 0 Å². The van der Waals surface area contributed by atoms with Gasteiger partial charge in [0.1, 0.15) is 5.76 Å². The second kappa shape index (κ2) is 6.94. The zero-order valence-corrected chi connectivity index (χ0v) is 15.7. The number of nitrogens with zero attached hydrogens (tertiary/aromatic N) is 3. The third kappa shape index (κ3) is 3.43. The van der Waals surface area contributed by atoms with Crippen LogP contribution in [-0.2, 0) is 7.05 Å². The van der Waals surface area contributed by atoms with Crippen LogP contribution in [0.5, 0.6) is 0 Å². The van der Waals surface area contributed by atoms with Crippen LogP contribution in [0.1, 0.15) is 67.9 Å². The van der Waals surface area contributed by atoms with Crippen LogP contribution in [0.25, 0.3) is 0 Å². The van der Waals surface area contributed by atoms with Gasteiger partial charge < -0.3 is 14.6 Å². The first kappa shape index (κ1) is 17.6. The van der Waals surface area contributed by atoms with Crippen molar-refractivity contribution in [3.05, 3.63) is 41.1 Å². The molecule has 2 heterocycles. The summed E-state index contributed by atoms with van der Waals surface area (Å²) >= 11 is 0. The highest BCUT2D eigenvalue weighted by Crippen LogP contribution is 2.35. The second-order valence-electron chi connectivity index (χ2n) is 6.95. The molecule has 1 N–H and O–H groups in total. The molecule has 2 amide bonds. The maximum atomic E-state index is 13.1. The van der Waals surface area contributed by atoms with E-state index in [-0.39, 0.29) is 18.1 Å². The summed E-state index contributed by atoms with van der Waals surface area (Å²) < 4.78 is 7.41. The molecule has 0 aliphatic heterocycles. The number of furan rings is 1. The fourth-order valence-electron chi connectivity index (χ4n) is 3.57. The molecule has 1 aliphatic rings. The smallest absolute Gasteiger partial charge is 0.318 e. The Bertz CT molecular complexity index is 731. The molecular formula is C19H28N4O2. The number of hydrogen-bond donors (Lipinski definition) is 1. The van der Waals surface area contributed by atoms with Crippen molar-refractivity contribution in [2.45, 2.75) is 65.1 Å². The fraction of sp³-hybridized carbons (Fsp3) is 0.579. The van der Waals surface area contributed by atoms with Crippen molar-refractivity contribution in [3.63, 3.8) is 0 Å². The summed E-state index contributed by atoms with van der Waals surface area (Å²) in [5, 5.41) is 7.73. The van der Waals surface area contributed by atoms with Crippen molar-refractivity contribution in [2.75, 3.05) is 0 Å². The molecule has 25 heavy (non-hydrogen) atoms. The van der Waals surface area contributed by atoms with Crippen LogP contribution in [0.3, 0.4) is 0 Å². The number of hydrogen-bond acceptors (Lipinski definition) is 3. The molecule has 2 atom stereocenters. The van der Waals surface area contributed by atoms with Crippen LogP contribution in [0, 0.1) is 13.8 Å². The maximum Gasteiger partial charge on any atom is 0.318 e. The SMILES string of the molecule is CCC(NC(=O)N(C1CC1)C(C)c1ccco1)c1c(C)nn(C)c1C. The van der Waals surface area contributed by atoms with E-state index in [9.17, 15) is 4.79 Å². The average molecular weight is 344 g/mol. The number of carbonyl (C=O) groups is 1. The predicted octanol–water partition coefficient (Wildman–Crippen LogP) is 4.02. The van der Waals surface area contributed by atoms with Gasteiger partial charge in [-0.25, -0.2) is 4.79 Å². The number of urea groups is 1. The highest BCUT2D eigenvalue weighted by molar-refractivity contribution is 5.76. The lowest BCUT2D eigenvalue weighted by molar-refractivity contribution is 0.162. The Morgan fingerprint density at radius 3 is 2.68 bits per heavy atom. The van der Waals surface area contributed by atoms with E-state index in [1.54, 1.807) is 6.26 Å². The molecule has 2 unspecified atom stereocenters. The van der Waals surface area contributed by atoms with E-state index in [0.29, 0.717) is 6.04 Å². The fourth-order valence-corrected chi connectivity index (χ4v) is 3.57. The summed E-state index contributed by atoms with van der Waals surface area (Å²) in [5.41, 5.74) is 3.20. The predicted molar refractivity (Wildman–Crippen MR) is 96.2 cm³/mol. The van der Waals surface area contributed by atoms with Crippen LogP contribution >= 0.6 is 0 Å². The number of amides is 2. The molecule has 3 rings (SSSR count). The summed E-state index contributed by atoms with van der Waals surface area (Å²) in [6.45, 7) is 8.17. The van der Waals surface area contributed by atoms with Crippen molar-refractivity contribution in [3.8, 4) is 0 Å². The summed E-state index contributed by atoms with van der Waals surface area (Å²) in [4.78, 5) is 15.0. The van der Waals surface area contributed by atoms with Gasteiger partial charge in [-0.15, -0.1) is 0 Å². The molecule has 1 aliphatic carbocycles. The Labute approximate surface area is 149 Å². The Morgan fingerprint density at radius 2 is 2.20 bits per heavy atom.